The van der Waals surface area contributed by atoms with Gasteiger partial charge in [-0.3, -0.25) is 20.2 Å². The van der Waals surface area contributed by atoms with Crippen LogP contribution in [0.25, 0.3) is 0 Å². The molecule has 0 saturated carbocycles. The van der Waals surface area contributed by atoms with Gasteiger partial charge >= 0.3 is 11.8 Å². The number of non-ortho nitro benzene ring substituents is 1. The minimum absolute atomic E-state index is 0.253. The maximum absolute atomic E-state index is 11.4. The van der Waals surface area contributed by atoms with E-state index in [9.17, 15) is 25.0 Å². The third-order valence-corrected chi connectivity index (χ3v) is 3.86. The molecule has 0 heterocycles. The Bertz CT molecular complexity index is 646. The van der Waals surface area contributed by atoms with Crippen LogP contribution in [0, 0.1) is 20.2 Å². The molecule has 0 aliphatic carbocycles. The number of carbonyl (C=O) groups excluding carboxylic acids is 1. The fraction of sp³-hybridized carbons (Fsp3) is 0.562. The number of methoxy groups -OCH3 is 1. The number of hydrogen-bond acceptors (Lipinski definition) is 7. The Labute approximate surface area is 145 Å². The molecule has 0 amide bonds. The maximum atomic E-state index is 11.4. The number of unbranched alkanes of at least 4 members (excludes halogenated alkanes) is 3. The molecule has 1 atom stereocenters. The Hall–Kier alpha value is -2.71. The van der Waals surface area contributed by atoms with Crippen LogP contribution in [0.4, 0.5) is 16.2 Å². The van der Waals surface area contributed by atoms with Crippen LogP contribution in [0.1, 0.15) is 57.4 Å². The molecule has 0 fully saturated rings. The molecule has 0 spiro atoms. The van der Waals surface area contributed by atoms with Crippen LogP contribution in [0.2, 0.25) is 0 Å². The Balaban J connectivity index is 3.30. The SMILES string of the molecule is CCCCCCC(C)c1cc([N+](=O)[O-])cc([N+](=O)[O-])c1OC(=O)OC. The van der Waals surface area contributed by atoms with Gasteiger partial charge in [-0.1, -0.05) is 39.5 Å². The summed E-state index contributed by atoms with van der Waals surface area (Å²) in [4.78, 5) is 32.3. The molecular weight excluding hydrogens is 332 g/mol. The quantitative estimate of drug-likeness (QED) is 0.207. The van der Waals surface area contributed by atoms with Gasteiger partial charge in [0.25, 0.3) is 5.69 Å². The maximum Gasteiger partial charge on any atom is 0.513 e. The summed E-state index contributed by atoms with van der Waals surface area (Å²) in [5.74, 6) is -0.555. The smallest absolute Gasteiger partial charge is 0.437 e. The summed E-state index contributed by atoms with van der Waals surface area (Å²) in [7, 11) is 1.08. The van der Waals surface area contributed by atoms with Crippen LogP contribution in [0.3, 0.4) is 0 Å². The third-order valence-electron chi connectivity index (χ3n) is 3.86. The van der Waals surface area contributed by atoms with Gasteiger partial charge in [0.1, 0.15) is 0 Å². The number of hydrogen-bond donors (Lipinski definition) is 0. The van der Waals surface area contributed by atoms with Crippen molar-refractivity contribution in [2.24, 2.45) is 0 Å². The normalized spacial score (nSPS) is 11.6. The zero-order valence-corrected chi connectivity index (χ0v) is 14.5. The summed E-state index contributed by atoms with van der Waals surface area (Å²) in [6, 6.07) is 2.00. The van der Waals surface area contributed by atoms with Gasteiger partial charge in [-0.15, -0.1) is 0 Å². The number of nitro groups is 2. The number of benzene rings is 1. The van der Waals surface area contributed by atoms with E-state index in [2.05, 4.69) is 11.7 Å². The molecule has 138 valence electrons. The first-order valence-electron chi connectivity index (χ1n) is 8.04. The van der Waals surface area contributed by atoms with E-state index in [1.54, 1.807) is 6.92 Å². The van der Waals surface area contributed by atoms with E-state index >= 15 is 0 Å². The van der Waals surface area contributed by atoms with Crippen molar-refractivity contribution in [3.05, 3.63) is 37.9 Å². The monoisotopic (exact) mass is 354 g/mol. The highest BCUT2D eigenvalue weighted by atomic mass is 16.7. The van der Waals surface area contributed by atoms with E-state index < -0.39 is 27.4 Å². The summed E-state index contributed by atoms with van der Waals surface area (Å²) in [6.45, 7) is 3.87. The number of nitro benzene ring substituents is 2. The third kappa shape index (κ3) is 5.70. The van der Waals surface area contributed by atoms with Gasteiger partial charge < -0.3 is 9.47 Å². The number of rotatable bonds is 9. The van der Waals surface area contributed by atoms with E-state index in [1.807, 2.05) is 0 Å². The molecule has 9 heteroatoms. The Morgan fingerprint density at radius 2 is 1.84 bits per heavy atom. The summed E-state index contributed by atoms with van der Waals surface area (Å²) in [6.07, 6.45) is 3.53. The number of ether oxygens (including phenoxy) is 2. The summed E-state index contributed by atoms with van der Waals surface area (Å²) >= 11 is 0. The van der Waals surface area contributed by atoms with Crippen molar-refractivity contribution >= 4 is 17.5 Å². The largest absolute Gasteiger partial charge is 0.513 e. The molecule has 0 aromatic heterocycles. The number of carbonyl (C=O) groups is 1. The first kappa shape index (κ1) is 20.3. The average Bonchev–Trinajstić information content (AvgIpc) is 2.57. The zero-order chi connectivity index (χ0) is 19.0. The lowest BCUT2D eigenvalue weighted by Crippen LogP contribution is -2.12. The minimum atomic E-state index is -1.11. The van der Waals surface area contributed by atoms with E-state index in [0.717, 1.165) is 38.9 Å². The molecule has 1 unspecified atom stereocenters. The summed E-state index contributed by atoms with van der Waals surface area (Å²) in [5.41, 5.74) is -0.794. The van der Waals surface area contributed by atoms with Gasteiger partial charge in [0.15, 0.2) is 0 Å². The topological polar surface area (TPSA) is 122 Å². The molecule has 9 nitrogen and oxygen atoms in total. The first-order valence-corrected chi connectivity index (χ1v) is 8.04. The molecule has 0 saturated heterocycles. The summed E-state index contributed by atoms with van der Waals surface area (Å²) < 4.78 is 9.34. The lowest BCUT2D eigenvalue weighted by atomic mass is 9.93. The highest BCUT2D eigenvalue weighted by Crippen LogP contribution is 2.41. The average molecular weight is 354 g/mol. The molecule has 1 aromatic carbocycles. The second-order valence-electron chi connectivity index (χ2n) is 5.70. The van der Waals surface area contributed by atoms with Crippen molar-refractivity contribution in [3.63, 3.8) is 0 Å². The van der Waals surface area contributed by atoms with Crippen LogP contribution >= 0.6 is 0 Å². The second-order valence-corrected chi connectivity index (χ2v) is 5.70. The molecule has 0 N–H and O–H groups in total. The predicted octanol–water partition coefficient (Wildman–Crippen LogP) is 4.72. The summed E-state index contributed by atoms with van der Waals surface area (Å²) in [5, 5.41) is 22.4. The van der Waals surface area contributed by atoms with Crippen LogP contribution in [0.5, 0.6) is 5.75 Å². The van der Waals surface area contributed by atoms with Gasteiger partial charge in [-0.2, -0.15) is 0 Å². The van der Waals surface area contributed by atoms with E-state index in [1.165, 1.54) is 6.07 Å². The lowest BCUT2D eigenvalue weighted by Gasteiger charge is -2.16. The van der Waals surface area contributed by atoms with E-state index in [-0.39, 0.29) is 17.2 Å². The highest BCUT2D eigenvalue weighted by Gasteiger charge is 2.29. The molecule has 25 heavy (non-hydrogen) atoms. The van der Waals surface area contributed by atoms with E-state index in [4.69, 9.17) is 4.74 Å². The Morgan fingerprint density at radius 1 is 1.16 bits per heavy atom. The van der Waals surface area contributed by atoms with Gasteiger partial charge in [-0.25, -0.2) is 4.79 Å². The fourth-order valence-electron chi connectivity index (χ4n) is 2.50. The minimum Gasteiger partial charge on any atom is -0.437 e. The van der Waals surface area contributed by atoms with E-state index in [0.29, 0.717) is 6.42 Å². The molecular formula is C16H22N2O7. The van der Waals surface area contributed by atoms with Crippen LogP contribution < -0.4 is 4.74 Å². The van der Waals surface area contributed by atoms with Crippen molar-refractivity contribution in [2.75, 3.05) is 7.11 Å². The van der Waals surface area contributed by atoms with Crippen LogP contribution in [-0.2, 0) is 4.74 Å². The zero-order valence-electron chi connectivity index (χ0n) is 14.5. The fourth-order valence-corrected chi connectivity index (χ4v) is 2.50. The van der Waals surface area contributed by atoms with Crippen molar-refractivity contribution in [1.82, 2.24) is 0 Å². The van der Waals surface area contributed by atoms with Crippen molar-refractivity contribution in [2.45, 2.75) is 51.9 Å². The molecule has 0 bridgehead atoms. The molecule has 0 aliphatic rings. The van der Waals surface area contributed by atoms with Crippen molar-refractivity contribution < 1.29 is 24.1 Å². The molecule has 1 rings (SSSR count). The van der Waals surface area contributed by atoms with Crippen molar-refractivity contribution in [3.8, 4) is 5.75 Å². The molecule has 0 aliphatic heterocycles. The number of nitrogens with zero attached hydrogens (tertiary/aromatic N) is 2. The Kier molecular flexibility index (Phi) is 7.77. The molecule has 0 radical (unpaired) electrons. The molecule has 1 aromatic rings. The first-order chi connectivity index (χ1) is 11.8. The highest BCUT2D eigenvalue weighted by molar-refractivity contribution is 5.69. The predicted molar refractivity (Wildman–Crippen MR) is 90.0 cm³/mol. The lowest BCUT2D eigenvalue weighted by molar-refractivity contribution is -0.394. The van der Waals surface area contributed by atoms with Gasteiger partial charge in [0.2, 0.25) is 5.75 Å². The standard InChI is InChI=1S/C16H22N2O7/c1-4-5-6-7-8-11(2)13-9-12(17(20)21)10-14(18(22)23)15(13)25-16(19)24-3/h9-11H,4-8H2,1-3H3. The van der Waals surface area contributed by atoms with Gasteiger partial charge in [0.05, 0.1) is 23.0 Å². The van der Waals surface area contributed by atoms with Crippen molar-refractivity contribution in [1.29, 1.82) is 0 Å². The van der Waals surface area contributed by atoms with Crippen LogP contribution in [-0.4, -0.2) is 23.1 Å². The van der Waals surface area contributed by atoms with Gasteiger partial charge in [0, 0.05) is 11.6 Å². The van der Waals surface area contributed by atoms with Crippen LogP contribution in [0.15, 0.2) is 12.1 Å². The Morgan fingerprint density at radius 3 is 2.36 bits per heavy atom. The van der Waals surface area contributed by atoms with Gasteiger partial charge in [-0.05, 0) is 12.3 Å². The second kappa shape index (κ2) is 9.55.